The van der Waals surface area contributed by atoms with E-state index in [1.54, 1.807) is 6.33 Å². The molecule has 3 aliphatic rings. The fraction of sp³-hybridized carbons (Fsp3) is 0.654. The topological polar surface area (TPSA) is 98.2 Å². The summed E-state index contributed by atoms with van der Waals surface area (Å²) in [4.78, 5) is 21.7. The molecule has 5 heterocycles. The molecule has 3 atom stereocenters. The smallest absolute Gasteiger partial charge is 0.171 e. The van der Waals surface area contributed by atoms with E-state index >= 15 is 0 Å². The van der Waals surface area contributed by atoms with Gasteiger partial charge in [-0.3, -0.25) is 4.90 Å². The predicted molar refractivity (Wildman–Crippen MR) is 138 cm³/mol. The molecule has 9 heteroatoms. The number of piperidine rings is 1. The lowest BCUT2D eigenvalue weighted by Gasteiger charge is -2.42. The highest BCUT2D eigenvalue weighted by atomic mass is 32.2. The van der Waals surface area contributed by atoms with Gasteiger partial charge in [-0.15, -0.1) is 0 Å². The molecular weight excluding hydrogens is 460 g/mol. The summed E-state index contributed by atoms with van der Waals surface area (Å²) in [6.07, 6.45) is 14.4. The van der Waals surface area contributed by atoms with Crippen LogP contribution in [0.3, 0.4) is 0 Å². The van der Waals surface area contributed by atoms with E-state index in [1.165, 1.54) is 38.0 Å². The van der Waals surface area contributed by atoms with Crippen molar-refractivity contribution in [2.75, 3.05) is 32.7 Å². The van der Waals surface area contributed by atoms with Crippen molar-refractivity contribution in [3.05, 3.63) is 30.5 Å². The number of pyridine rings is 1. The molecule has 1 saturated carbocycles. The van der Waals surface area contributed by atoms with E-state index in [4.69, 9.17) is 0 Å². The van der Waals surface area contributed by atoms with Gasteiger partial charge in [0.15, 0.2) is 16.7 Å². The number of aromatic amines is 1. The van der Waals surface area contributed by atoms with Crippen LogP contribution in [-0.2, 0) is 11.1 Å². The molecule has 3 fully saturated rings. The van der Waals surface area contributed by atoms with Gasteiger partial charge in [-0.1, -0.05) is 0 Å². The lowest BCUT2D eigenvalue weighted by molar-refractivity contribution is 0.0950. The van der Waals surface area contributed by atoms with Crippen LogP contribution in [0.25, 0.3) is 21.9 Å². The minimum absolute atomic E-state index is 0.245. The van der Waals surface area contributed by atoms with Crippen LogP contribution in [0, 0.1) is 11.8 Å². The highest BCUT2D eigenvalue weighted by molar-refractivity contribution is 7.79. The van der Waals surface area contributed by atoms with Gasteiger partial charge in [-0.2, -0.15) is 0 Å². The van der Waals surface area contributed by atoms with Gasteiger partial charge >= 0.3 is 0 Å². The maximum absolute atomic E-state index is 12.6. The number of hydrogen-bond donors (Lipinski definition) is 2. The lowest BCUT2D eigenvalue weighted by Crippen LogP contribution is -2.50. The van der Waals surface area contributed by atoms with Crippen LogP contribution < -0.4 is 0 Å². The Morgan fingerprint density at radius 3 is 2.69 bits per heavy atom. The highest BCUT2D eigenvalue weighted by Crippen LogP contribution is 2.41. The summed E-state index contributed by atoms with van der Waals surface area (Å²) in [6.45, 7) is 5.51. The van der Waals surface area contributed by atoms with E-state index in [9.17, 15) is 8.76 Å². The number of aromatic nitrogens is 4. The molecule has 0 spiro atoms. The summed E-state index contributed by atoms with van der Waals surface area (Å²) in [5, 5.41) is 1.93. The van der Waals surface area contributed by atoms with Crippen molar-refractivity contribution in [1.29, 1.82) is 0 Å². The minimum Gasteiger partial charge on any atom is -0.349 e. The monoisotopic (exact) mass is 496 g/mol. The minimum atomic E-state index is -1.83. The van der Waals surface area contributed by atoms with Gasteiger partial charge in [0.2, 0.25) is 0 Å². The fourth-order valence-corrected chi connectivity index (χ4v) is 8.03. The molecule has 2 aliphatic heterocycles. The van der Waals surface area contributed by atoms with E-state index in [-0.39, 0.29) is 11.3 Å². The zero-order valence-electron chi connectivity index (χ0n) is 20.3. The summed E-state index contributed by atoms with van der Waals surface area (Å²) < 4.78 is 23.0. The third kappa shape index (κ3) is 4.75. The van der Waals surface area contributed by atoms with Crippen molar-refractivity contribution in [3.8, 4) is 0 Å². The van der Waals surface area contributed by atoms with Gasteiger partial charge in [-0.25, -0.2) is 19.2 Å². The summed E-state index contributed by atoms with van der Waals surface area (Å²) in [7, 11) is 0. The lowest BCUT2D eigenvalue weighted by atomic mass is 9.79. The second-order valence-electron chi connectivity index (χ2n) is 10.8. The van der Waals surface area contributed by atoms with Crippen molar-refractivity contribution in [1.82, 2.24) is 29.7 Å². The average molecular weight is 497 g/mol. The molecule has 0 aromatic carbocycles. The Hall–Kier alpha value is -1.94. The van der Waals surface area contributed by atoms with Crippen LogP contribution >= 0.6 is 0 Å². The normalized spacial score (nSPS) is 28.5. The quantitative estimate of drug-likeness (QED) is 0.495. The molecular formula is C26H36N6O2S. The van der Waals surface area contributed by atoms with Gasteiger partial charge in [0.25, 0.3) is 0 Å². The standard InChI is InChI=1S/C26H36N6O2S/c33-35(34)26(32-13-3-4-18(16-32)15-31-11-1-2-12-31)20-7-5-19(6-8-20)24-23-21-9-10-27-25(21)28-14-22(23)29-17-30-24/h9-10,14,17-20,26H,1-8,11-13,15-16H2,(H,29,30)(H,33,34). The number of rotatable bonds is 6. The maximum Gasteiger partial charge on any atom is 0.171 e. The predicted octanol–water partition coefficient (Wildman–Crippen LogP) is 4.14. The number of H-pyrrole nitrogens is 1. The number of hydrogen-bond acceptors (Lipinski definition) is 6. The molecule has 188 valence electrons. The third-order valence-electron chi connectivity index (χ3n) is 8.62. The van der Waals surface area contributed by atoms with Crippen molar-refractivity contribution < 1.29 is 8.76 Å². The molecule has 8 nitrogen and oxygen atoms in total. The van der Waals surface area contributed by atoms with Crippen molar-refractivity contribution >= 4 is 33.0 Å². The Labute approximate surface area is 209 Å². The second kappa shape index (κ2) is 10.2. The Kier molecular flexibility index (Phi) is 6.84. The van der Waals surface area contributed by atoms with Gasteiger partial charge in [-0.05, 0) is 94.8 Å². The van der Waals surface area contributed by atoms with Crippen LogP contribution in [0.5, 0.6) is 0 Å². The first-order valence-corrected chi connectivity index (χ1v) is 14.5. The van der Waals surface area contributed by atoms with Crippen LogP contribution in [0.15, 0.2) is 24.8 Å². The molecule has 0 bridgehead atoms. The van der Waals surface area contributed by atoms with E-state index in [2.05, 4.69) is 29.7 Å². The van der Waals surface area contributed by atoms with Crippen LogP contribution in [0.4, 0.5) is 0 Å². The first-order chi connectivity index (χ1) is 17.2. The van der Waals surface area contributed by atoms with E-state index < -0.39 is 11.1 Å². The Morgan fingerprint density at radius 1 is 1.06 bits per heavy atom. The summed E-state index contributed by atoms with van der Waals surface area (Å²) in [5.74, 6) is 1.27. The van der Waals surface area contributed by atoms with Crippen molar-refractivity contribution in [2.24, 2.45) is 11.8 Å². The van der Waals surface area contributed by atoms with E-state index in [0.717, 1.165) is 73.7 Å². The Bertz CT molecular complexity index is 1190. The number of nitrogens with zero attached hydrogens (tertiary/aromatic N) is 5. The van der Waals surface area contributed by atoms with Crippen LogP contribution in [-0.4, -0.2) is 76.6 Å². The molecule has 35 heavy (non-hydrogen) atoms. The molecule has 6 rings (SSSR count). The van der Waals surface area contributed by atoms with E-state index in [0.29, 0.717) is 11.8 Å². The highest BCUT2D eigenvalue weighted by Gasteiger charge is 2.38. The Morgan fingerprint density at radius 2 is 1.89 bits per heavy atom. The first kappa shape index (κ1) is 23.5. The largest absolute Gasteiger partial charge is 0.349 e. The summed E-state index contributed by atoms with van der Waals surface area (Å²) in [6, 6.07) is 2.02. The summed E-state index contributed by atoms with van der Waals surface area (Å²) >= 11 is -1.83. The van der Waals surface area contributed by atoms with Crippen molar-refractivity contribution in [2.45, 2.75) is 62.7 Å². The van der Waals surface area contributed by atoms with Gasteiger partial charge in [0, 0.05) is 35.8 Å². The molecule has 2 N–H and O–H groups in total. The number of fused-ring (bicyclic) bond motifs is 3. The average Bonchev–Trinajstić information content (AvgIpc) is 3.56. The maximum atomic E-state index is 12.6. The van der Waals surface area contributed by atoms with Crippen LogP contribution in [0.2, 0.25) is 0 Å². The van der Waals surface area contributed by atoms with Crippen molar-refractivity contribution in [3.63, 3.8) is 0 Å². The van der Waals surface area contributed by atoms with Gasteiger partial charge in [0.1, 0.15) is 5.37 Å². The molecule has 3 aromatic rings. The van der Waals surface area contributed by atoms with Gasteiger partial charge < -0.3 is 14.4 Å². The molecule has 0 amide bonds. The third-order valence-corrected chi connectivity index (χ3v) is 9.72. The molecule has 2 saturated heterocycles. The first-order valence-electron chi connectivity index (χ1n) is 13.3. The summed E-state index contributed by atoms with van der Waals surface area (Å²) in [5.41, 5.74) is 2.87. The SMILES string of the molecule is O=S(O)C(C1CCC(c2[nH]cnc3cnc4nccc4c23)CC1)N1CCCC(CN2CCCC2)C1. The zero-order valence-corrected chi connectivity index (χ0v) is 21.1. The van der Waals surface area contributed by atoms with E-state index in [1.807, 2.05) is 18.5 Å². The number of likely N-dealkylation sites (tertiary alicyclic amines) is 2. The second-order valence-corrected chi connectivity index (χ2v) is 11.8. The van der Waals surface area contributed by atoms with Gasteiger partial charge in [0.05, 0.1) is 18.0 Å². The molecule has 3 aromatic heterocycles. The fourth-order valence-electron chi connectivity index (χ4n) is 6.99. The number of nitrogens with one attached hydrogen (secondary N) is 1. The molecule has 1 aliphatic carbocycles. The molecule has 0 radical (unpaired) electrons. The van der Waals surface area contributed by atoms with Crippen LogP contribution in [0.1, 0.15) is 63.0 Å². The molecule has 3 unspecified atom stereocenters. The Balaban J connectivity index is 1.16. The zero-order chi connectivity index (χ0) is 23.8.